The molecule has 3 nitrogen and oxygen atoms in total. The summed E-state index contributed by atoms with van der Waals surface area (Å²) in [6.07, 6.45) is 3.85. The van der Waals surface area contributed by atoms with E-state index < -0.39 is 0 Å². The molecule has 0 radical (unpaired) electrons. The van der Waals surface area contributed by atoms with Gasteiger partial charge in [0.15, 0.2) is 6.29 Å². The van der Waals surface area contributed by atoms with Crippen molar-refractivity contribution in [3.8, 4) is 0 Å². The number of hydrogen-bond acceptors (Lipinski definition) is 3. The molecule has 0 atom stereocenters. The van der Waals surface area contributed by atoms with Crippen LogP contribution in [-0.2, 0) is 9.47 Å². The molecule has 1 aliphatic heterocycles. The van der Waals surface area contributed by atoms with E-state index in [0.29, 0.717) is 5.41 Å². The molecule has 0 N–H and O–H groups in total. The summed E-state index contributed by atoms with van der Waals surface area (Å²) in [5.41, 5.74) is 0.501. The third-order valence-corrected chi connectivity index (χ3v) is 3.55. The average molecular weight is 243 g/mol. The minimum Gasteiger partial charge on any atom is -0.352 e. The number of likely N-dealkylation sites (tertiary alicyclic amines) is 1. The smallest absolute Gasteiger partial charge is 0.170 e. The van der Waals surface area contributed by atoms with Crippen LogP contribution in [-0.4, -0.2) is 44.0 Å². The third-order valence-electron chi connectivity index (χ3n) is 3.55. The van der Waals surface area contributed by atoms with Gasteiger partial charge in [-0.2, -0.15) is 0 Å². The summed E-state index contributed by atoms with van der Waals surface area (Å²) < 4.78 is 11.2. The van der Waals surface area contributed by atoms with E-state index in [0.717, 1.165) is 19.8 Å². The summed E-state index contributed by atoms with van der Waals surface area (Å²) in [5, 5.41) is 0. The molecule has 0 saturated carbocycles. The Bertz CT molecular complexity index is 200. The van der Waals surface area contributed by atoms with Crippen molar-refractivity contribution in [2.45, 2.75) is 53.2 Å². The first-order valence-electron chi connectivity index (χ1n) is 7.03. The van der Waals surface area contributed by atoms with Crippen LogP contribution in [0.5, 0.6) is 0 Å². The molecule has 0 bridgehead atoms. The molecule has 102 valence electrons. The van der Waals surface area contributed by atoms with Gasteiger partial charge in [0.05, 0.1) is 0 Å². The van der Waals surface area contributed by atoms with Gasteiger partial charge in [-0.3, -0.25) is 4.90 Å². The van der Waals surface area contributed by atoms with Crippen molar-refractivity contribution in [1.82, 2.24) is 4.90 Å². The fraction of sp³-hybridized carbons (Fsp3) is 1.00. The zero-order valence-corrected chi connectivity index (χ0v) is 12.0. The lowest BCUT2D eigenvalue weighted by molar-refractivity contribution is -0.147. The van der Waals surface area contributed by atoms with Gasteiger partial charge in [0.2, 0.25) is 0 Å². The molecule has 0 aromatic heterocycles. The molecule has 0 unspecified atom stereocenters. The van der Waals surface area contributed by atoms with Gasteiger partial charge in [-0.1, -0.05) is 13.8 Å². The van der Waals surface area contributed by atoms with E-state index in [9.17, 15) is 0 Å². The van der Waals surface area contributed by atoms with Gasteiger partial charge in [0, 0.05) is 19.8 Å². The highest BCUT2D eigenvalue weighted by molar-refractivity contribution is 4.76. The molecule has 0 aliphatic carbocycles. The molecule has 0 spiro atoms. The van der Waals surface area contributed by atoms with E-state index in [1.807, 2.05) is 13.8 Å². The molecule has 0 amide bonds. The molecule has 1 aliphatic rings. The summed E-state index contributed by atoms with van der Waals surface area (Å²) in [6, 6.07) is 0. The second kappa shape index (κ2) is 7.34. The van der Waals surface area contributed by atoms with Gasteiger partial charge in [-0.05, 0) is 51.6 Å². The third kappa shape index (κ3) is 5.84. The molecule has 17 heavy (non-hydrogen) atoms. The van der Waals surface area contributed by atoms with Crippen molar-refractivity contribution < 1.29 is 9.47 Å². The Balaban J connectivity index is 2.38. The Kier molecular flexibility index (Phi) is 6.45. The van der Waals surface area contributed by atoms with Crippen LogP contribution in [0.15, 0.2) is 0 Å². The summed E-state index contributed by atoms with van der Waals surface area (Å²) in [5.74, 6) is 0. The van der Waals surface area contributed by atoms with Crippen molar-refractivity contribution in [1.29, 1.82) is 0 Å². The van der Waals surface area contributed by atoms with E-state index in [2.05, 4.69) is 18.7 Å². The SMILES string of the molecule is CCOC(CN1CCCC(C)(C)CC1)OCC. The molecule has 1 rings (SSSR count). The second-order valence-corrected chi connectivity index (χ2v) is 5.66. The van der Waals surface area contributed by atoms with Gasteiger partial charge in [0.25, 0.3) is 0 Å². The van der Waals surface area contributed by atoms with E-state index in [1.54, 1.807) is 0 Å². The van der Waals surface area contributed by atoms with Crippen LogP contribution >= 0.6 is 0 Å². The Labute approximate surface area is 106 Å². The van der Waals surface area contributed by atoms with E-state index in [4.69, 9.17) is 9.47 Å². The number of hydrogen-bond donors (Lipinski definition) is 0. The van der Waals surface area contributed by atoms with E-state index >= 15 is 0 Å². The zero-order valence-electron chi connectivity index (χ0n) is 12.0. The van der Waals surface area contributed by atoms with Crippen LogP contribution in [0.1, 0.15) is 47.0 Å². The normalized spacial score (nSPS) is 21.7. The van der Waals surface area contributed by atoms with Gasteiger partial charge >= 0.3 is 0 Å². The topological polar surface area (TPSA) is 21.7 Å². The highest BCUT2D eigenvalue weighted by Gasteiger charge is 2.24. The maximum Gasteiger partial charge on any atom is 0.170 e. The minimum atomic E-state index is -0.0498. The maximum absolute atomic E-state index is 5.61. The van der Waals surface area contributed by atoms with E-state index in [1.165, 1.54) is 32.4 Å². The second-order valence-electron chi connectivity index (χ2n) is 5.66. The number of rotatable bonds is 6. The van der Waals surface area contributed by atoms with Crippen LogP contribution < -0.4 is 0 Å². The fourth-order valence-electron chi connectivity index (χ4n) is 2.40. The van der Waals surface area contributed by atoms with Crippen LogP contribution in [0, 0.1) is 5.41 Å². The molecule has 1 saturated heterocycles. The lowest BCUT2D eigenvalue weighted by Crippen LogP contribution is -2.36. The highest BCUT2D eigenvalue weighted by Crippen LogP contribution is 2.29. The molecular formula is C14H29NO2. The zero-order chi connectivity index (χ0) is 12.7. The van der Waals surface area contributed by atoms with Crippen LogP contribution in [0.2, 0.25) is 0 Å². The van der Waals surface area contributed by atoms with Crippen LogP contribution in [0.25, 0.3) is 0 Å². The molecule has 1 fully saturated rings. The highest BCUT2D eigenvalue weighted by atomic mass is 16.7. The molecule has 0 aromatic rings. The Morgan fingerprint density at radius 1 is 1.06 bits per heavy atom. The maximum atomic E-state index is 5.61. The molecule has 1 heterocycles. The Morgan fingerprint density at radius 2 is 1.71 bits per heavy atom. The summed E-state index contributed by atoms with van der Waals surface area (Å²) in [7, 11) is 0. The molecule has 3 heteroatoms. The van der Waals surface area contributed by atoms with Crippen LogP contribution in [0.4, 0.5) is 0 Å². The predicted octanol–water partition coefficient (Wildman–Crippen LogP) is 2.90. The number of ether oxygens (including phenoxy) is 2. The summed E-state index contributed by atoms with van der Waals surface area (Å²) in [4.78, 5) is 2.49. The van der Waals surface area contributed by atoms with Crippen molar-refractivity contribution in [2.75, 3.05) is 32.8 Å². The minimum absolute atomic E-state index is 0.0498. The quantitative estimate of drug-likeness (QED) is 0.670. The Hall–Kier alpha value is -0.120. The van der Waals surface area contributed by atoms with Gasteiger partial charge in [-0.25, -0.2) is 0 Å². The molecular weight excluding hydrogens is 214 g/mol. The lowest BCUT2D eigenvalue weighted by Gasteiger charge is -2.26. The first-order chi connectivity index (χ1) is 8.07. The van der Waals surface area contributed by atoms with Gasteiger partial charge < -0.3 is 9.47 Å². The van der Waals surface area contributed by atoms with Gasteiger partial charge in [0.1, 0.15) is 0 Å². The van der Waals surface area contributed by atoms with Crippen molar-refractivity contribution in [3.05, 3.63) is 0 Å². The van der Waals surface area contributed by atoms with Crippen molar-refractivity contribution >= 4 is 0 Å². The van der Waals surface area contributed by atoms with E-state index in [-0.39, 0.29) is 6.29 Å². The van der Waals surface area contributed by atoms with Crippen molar-refractivity contribution in [3.63, 3.8) is 0 Å². The molecule has 0 aromatic carbocycles. The lowest BCUT2D eigenvalue weighted by atomic mass is 9.85. The fourth-order valence-corrected chi connectivity index (χ4v) is 2.40. The summed E-state index contributed by atoms with van der Waals surface area (Å²) in [6.45, 7) is 13.5. The first kappa shape index (κ1) is 14.9. The summed E-state index contributed by atoms with van der Waals surface area (Å²) >= 11 is 0. The van der Waals surface area contributed by atoms with Crippen molar-refractivity contribution in [2.24, 2.45) is 5.41 Å². The van der Waals surface area contributed by atoms with Gasteiger partial charge in [-0.15, -0.1) is 0 Å². The number of nitrogens with zero attached hydrogens (tertiary/aromatic N) is 1. The van der Waals surface area contributed by atoms with Crippen LogP contribution in [0.3, 0.4) is 0 Å². The largest absolute Gasteiger partial charge is 0.352 e. The monoisotopic (exact) mass is 243 g/mol. The average Bonchev–Trinajstić information content (AvgIpc) is 2.41. The Morgan fingerprint density at radius 3 is 2.29 bits per heavy atom. The standard InChI is InChI=1S/C14H29NO2/c1-5-16-13(17-6-2)12-15-10-7-8-14(3,4)9-11-15/h13H,5-12H2,1-4H3. The predicted molar refractivity (Wildman–Crippen MR) is 71.1 cm³/mol. The first-order valence-corrected chi connectivity index (χ1v) is 7.03.